The molecule has 1 aliphatic heterocycles. The van der Waals surface area contributed by atoms with Crippen molar-refractivity contribution in [2.75, 3.05) is 37.7 Å². The van der Waals surface area contributed by atoms with Crippen molar-refractivity contribution in [1.82, 2.24) is 4.90 Å². The summed E-state index contributed by atoms with van der Waals surface area (Å²) < 4.78 is 0. The highest BCUT2D eigenvalue weighted by molar-refractivity contribution is 6.00. The molecule has 1 aromatic carbocycles. The second-order valence-corrected chi connectivity index (χ2v) is 5.26. The summed E-state index contributed by atoms with van der Waals surface area (Å²) in [6, 6.07) is 5.34. The number of benzene rings is 1. The van der Waals surface area contributed by atoms with E-state index in [0.29, 0.717) is 17.2 Å². The molecular weight excluding hydrogens is 240 g/mol. The Morgan fingerprint density at radius 1 is 1.42 bits per heavy atom. The SMILES string of the molecule is CN1CCC(CNc2cccc(C(N)=O)c2N)CC1. The van der Waals surface area contributed by atoms with E-state index in [4.69, 9.17) is 11.5 Å². The Balaban J connectivity index is 1.96. The normalized spacial score (nSPS) is 17.3. The van der Waals surface area contributed by atoms with Gasteiger partial charge in [-0.05, 0) is 51.0 Å². The Bertz CT molecular complexity index is 453. The van der Waals surface area contributed by atoms with Crippen molar-refractivity contribution in [2.45, 2.75) is 12.8 Å². The Morgan fingerprint density at radius 3 is 2.74 bits per heavy atom. The topological polar surface area (TPSA) is 84.4 Å². The number of primary amides is 1. The number of nitrogen functional groups attached to an aromatic ring is 1. The maximum atomic E-state index is 11.2. The van der Waals surface area contributed by atoms with Crippen molar-refractivity contribution < 1.29 is 4.79 Å². The maximum Gasteiger partial charge on any atom is 0.250 e. The van der Waals surface area contributed by atoms with Crippen LogP contribution in [0.5, 0.6) is 0 Å². The molecular formula is C14H22N4O. The van der Waals surface area contributed by atoms with E-state index in [1.165, 1.54) is 12.8 Å². The first-order chi connectivity index (χ1) is 9.08. The van der Waals surface area contributed by atoms with Crippen LogP contribution in [-0.4, -0.2) is 37.5 Å². The quantitative estimate of drug-likeness (QED) is 0.710. The largest absolute Gasteiger partial charge is 0.396 e. The van der Waals surface area contributed by atoms with E-state index in [2.05, 4.69) is 17.3 Å². The number of hydrogen-bond donors (Lipinski definition) is 3. The van der Waals surface area contributed by atoms with Crippen molar-refractivity contribution in [1.29, 1.82) is 0 Å². The maximum absolute atomic E-state index is 11.2. The average Bonchev–Trinajstić information content (AvgIpc) is 2.39. The molecule has 0 aliphatic carbocycles. The summed E-state index contributed by atoms with van der Waals surface area (Å²) >= 11 is 0. The minimum Gasteiger partial charge on any atom is -0.396 e. The molecule has 0 bridgehead atoms. The molecule has 0 spiro atoms. The molecule has 0 radical (unpaired) electrons. The number of nitrogens with two attached hydrogens (primary N) is 2. The summed E-state index contributed by atoms with van der Waals surface area (Å²) in [6.07, 6.45) is 2.39. The summed E-state index contributed by atoms with van der Waals surface area (Å²) in [5, 5.41) is 3.34. The summed E-state index contributed by atoms with van der Waals surface area (Å²) in [5.41, 5.74) is 12.9. The minimum atomic E-state index is -0.486. The van der Waals surface area contributed by atoms with Gasteiger partial charge < -0.3 is 21.7 Å². The zero-order valence-corrected chi connectivity index (χ0v) is 11.4. The molecule has 5 N–H and O–H groups in total. The molecule has 0 aromatic heterocycles. The van der Waals surface area contributed by atoms with Crippen LogP contribution in [-0.2, 0) is 0 Å². The molecule has 1 fully saturated rings. The Labute approximate surface area is 113 Å². The predicted octanol–water partition coefficient (Wildman–Crippen LogP) is 1.12. The summed E-state index contributed by atoms with van der Waals surface area (Å²) in [5.74, 6) is 0.174. The lowest BCUT2D eigenvalue weighted by Gasteiger charge is -2.29. The van der Waals surface area contributed by atoms with Gasteiger partial charge in [0.2, 0.25) is 0 Å². The van der Waals surface area contributed by atoms with E-state index < -0.39 is 5.91 Å². The first kappa shape index (κ1) is 13.7. The van der Waals surface area contributed by atoms with Crippen LogP contribution in [0.15, 0.2) is 18.2 Å². The van der Waals surface area contributed by atoms with Crippen molar-refractivity contribution >= 4 is 17.3 Å². The lowest BCUT2D eigenvalue weighted by molar-refractivity contribution is 0.100. The van der Waals surface area contributed by atoms with Crippen molar-refractivity contribution in [2.24, 2.45) is 11.7 Å². The van der Waals surface area contributed by atoms with Gasteiger partial charge in [-0.3, -0.25) is 4.79 Å². The fourth-order valence-electron chi connectivity index (χ4n) is 2.45. The highest BCUT2D eigenvalue weighted by Gasteiger charge is 2.17. The van der Waals surface area contributed by atoms with Gasteiger partial charge in [-0.15, -0.1) is 0 Å². The zero-order valence-electron chi connectivity index (χ0n) is 11.4. The molecule has 0 saturated carbocycles. The van der Waals surface area contributed by atoms with Gasteiger partial charge in [0.15, 0.2) is 0 Å². The van der Waals surface area contributed by atoms with Crippen molar-refractivity contribution in [3.63, 3.8) is 0 Å². The Morgan fingerprint density at radius 2 is 2.11 bits per heavy atom. The highest BCUT2D eigenvalue weighted by Crippen LogP contribution is 2.24. The average molecular weight is 262 g/mol. The summed E-state index contributed by atoms with van der Waals surface area (Å²) in [7, 11) is 2.15. The van der Waals surface area contributed by atoms with E-state index >= 15 is 0 Å². The third-order valence-corrected chi connectivity index (χ3v) is 3.79. The van der Waals surface area contributed by atoms with Gasteiger partial charge in [-0.25, -0.2) is 0 Å². The van der Waals surface area contributed by atoms with Gasteiger partial charge in [0.05, 0.1) is 16.9 Å². The van der Waals surface area contributed by atoms with E-state index in [0.717, 1.165) is 25.3 Å². The number of anilines is 2. The molecule has 5 heteroatoms. The van der Waals surface area contributed by atoms with E-state index in [-0.39, 0.29) is 0 Å². The van der Waals surface area contributed by atoms with Crippen molar-refractivity contribution in [3.8, 4) is 0 Å². The lowest BCUT2D eigenvalue weighted by atomic mass is 9.97. The van der Waals surface area contributed by atoms with Gasteiger partial charge in [0.1, 0.15) is 0 Å². The molecule has 1 aromatic rings. The summed E-state index contributed by atoms with van der Waals surface area (Å²) in [4.78, 5) is 13.6. The molecule has 104 valence electrons. The minimum absolute atomic E-state index is 0.383. The first-order valence-electron chi connectivity index (χ1n) is 6.68. The van der Waals surface area contributed by atoms with Gasteiger partial charge in [0, 0.05) is 6.54 Å². The Kier molecular flexibility index (Phi) is 4.27. The molecule has 1 saturated heterocycles. The zero-order chi connectivity index (χ0) is 13.8. The van der Waals surface area contributed by atoms with Crippen LogP contribution >= 0.6 is 0 Å². The molecule has 1 heterocycles. The smallest absolute Gasteiger partial charge is 0.250 e. The third-order valence-electron chi connectivity index (χ3n) is 3.79. The molecule has 1 amide bonds. The number of nitrogens with one attached hydrogen (secondary N) is 1. The standard InChI is InChI=1S/C14H22N4O/c1-18-7-5-10(6-8-18)9-17-12-4-2-3-11(13(12)15)14(16)19/h2-4,10,17H,5-9,15H2,1H3,(H2,16,19). The second-order valence-electron chi connectivity index (χ2n) is 5.26. The van der Waals surface area contributed by atoms with E-state index in [9.17, 15) is 4.79 Å². The summed E-state index contributed by atoms with van der Waals surface area (Å²) in [6.45, 7) is 3.17. The number of piperidine rings is 1. The molecule has 5 nitrogen and oxygen atoms in total. The van der Waals surface area contributed by atoms with Crippen LogP contribution in [0.1, 0.15) is 23.2 Å². The number of likely N-dealkylation sites (tertiary alicyclic amines) is 1. The fourth-order valence-corrected chi connectivity index (χ4v) is 2.45. The number of nitrogens with zero attached hydrogens (tertiary/aromatic N) is 1. The van der Waals surface area contributed by atoms with Gasteiger partial charge in [-0.2, -0.15) is 0 Å². The van der Waals surface area contributed by atoms with Crippen molar-refractivity contribution in [3.05, 3.63) is 23.8 Å². The van der Waals surface area contributed by atoms with Gasteiger partial charge in [0.25, 0.3) is 5.91 Å². The number of para-hydroxylation sites is 1. The Hall–Kier alpha value is -1.75. The van der Waals surface area contributed by atoms with Crippen LogP contribution in [0, 0.1) is 5.92 Å². The highest BCUT2D eigenvalue weighted by atomic mass is 16.1. The number of rotatable bonds is 4. The molecule has 19 heavy (non-hydrogen) atoms. The van der Waals surface area contributed by atoms with Gasteiger partial charge in [-0.1, -0.05) is 6.07 Å². The monoisotopic (exact) mass is 262 g/mol. The van der Waals surface area contributed by atoms with E-state index in [1.807, 2.05) is 6.07 Å². The van der Waals surface area contributed by atoms with Crippen LogP contribution in [0.3, 0.4) is 0 Å². The van der Waals surface area contributed by atoms with Crippen LogP contribution in [0.2, 0.25) is 0 Å². The number of hydrogen-bond acceptors (Lipinski definition) is 4. The lowest BCUT2D eigenvalue weighted by Crippen LogP contribution is -2.33. The predicted molar refractivity (Wildman–Crippen MR) is 78.1 cm³/mol. The van der Waals surface area contributed by atoms with E-state index in [1.54, 1.807) is 12.1 Å². The number of carbonyl (C=O) groups excluding carboxylic acids is 1. The molecule has 2 rings (SSSR count). The molecule has 0 atom stereocenters. The first-order valence-corrected chi connectivity index (χ1v) is 6.68. The molecule has 0 unspecified atom stereocenters. The fraction of sp³-hybridized carbons (Fsp3) is 0.500. The second kappa shape index (κ2) is 5.93. The number of amides is 1. The van der Waals surface area contributed by atoms with Crippen LogP contribution in [0.4, 0.5) is 11.4 Å². The van der Waals surface area contributed by atoms with Crippen LogP contribution in [0.25, 0.3) is 0 Å². The van der Waals surface area contributed by atoms with Crippen LogP contribution < -0.4 is 16.8 Å². The number of carbonyl (C=O) groups is 1. The third kappa shape index (κ3) is 3.38. The molecule has 1 aliphatic rings. The van der Waals surface area contributed by atoms with Gasteiger partial charge >= 0.3 is 0 Å².